The number of benzene rings is 2. The number of para-hydroxylation sites is 2. The molecule has 98 valence electrons. The van der Waals surface area contributed by atoms with E-state index >= 15 is 0 Å². The van der Waals surface area contributed by atoms with Gasteiger partial charge in [0.05, 0.1) is 30.0 Å². The fraction of sp³-hybridized carbons (Fsp3) is 0.0588. The minimum absolute atomic E-state index is 0.839. The van der Waals surface area contributed by atoms with Crippen molar-refractivity contribution in [3.05, 3.63) is 66.0 Å². The predicted molar refractivity (Wildman–Crippen MR) is 81.5 cm³/mol. The van der Waals surface area contributed by atoms with Crippen LogP contribution < -0.4 is 4.74 Å². The minimum atomic E-state index is 0.839. The molecule has 0 atom stereocenters. The van der Waals surface area contributed by atoms with Gasteiger partial charge in [0.15, 0.2) is 0 Å². The maximum Gasteiger partial charge on any atom is 0.119 e. The number of aromatic nitrogens is 2. The van der Waals surface area contributed by atoms with Crippen molar-refractivity contribution in [1.82, 2.24) is 9.97 Å². The Labute approximate surface area is 117 Å². The van der Waals surface area contributed by atoms with Crippen molar-refractivity contribution in [2.45, 2.75) is 0 Å². The van der Waals surface area contributed by atoms with Crippen LogP contribution in [-0.4, -0.2) is 17.1 Å². The molecule has 0 saturated heterocycles. The van der Waals surface area contributed by atoms with E-state index in [9.17, 15) is 0 Å². The SMILES string of the molecule is COc1cccc(/C=C/c2cnc3ccccc3n2)c1. The van der Waals surface area contributed by atoms with Crippen LogP contribution in [0.15, 0.2) is 54.7 Å². The molecule has 0 bridgehead atoms. The second-order valence-electron chi connectivity index (χ2n) is 4.39. The number of fused-ring (bicyclic) bond motifs is 1. The van der Waals surface area contributed by atoms with Gasteiger partial charge in [0.25, 0.3) is 0 Å². The average Bonchev–Trinajstić information content (AvgIpc) is 2.53. The largest absolute Gasteiger partial charge is 0.497 e. The minimum Gasteiger partial charge on any atom is -0.497 e. The van der Waals surface area contributed by atoms with E-state index in [-0.39, 0.29) is 0 Å². The van der Waals surface area contributed by atoms with Gasteiger partial charge in [-0.3, -0.25) is 4.98 Å². The Morgan fingerprint density at radius 2 is 1.80 bits per heavy atom. The summed E-state index contributed by atoms with van der Waals surface area (Å²) in [6.07, 6.45) is 5.73. The van der Waals surface area contributed by atoms with E-state index in [1.54, 1.807) is 13.3 Å². The summed E-state index contributed by atoms with van der Waals surface area (Å²) in [5.74, 6) is 0.844. The molecule has 3 aromatic rings. The van der Waals surface area contributed by atoms with E-state index in [1.165, 1.54) is 0 Å². The van der Waals surface area contributed by atoms with Gasteiger partial charge in [0, 0.05) is 0 Å². The van der Waals surface area contributed by atoms with E-state index in [1.807, 2.05) is 60.7 Å². The first-order chi connectivity index (χ1) is 9.85. The van der Waals surface area contributed by atoms with Crippen molar-refractivity contribution in [1.29, 1.82) is 0 Å². The lowest BCUT2D eigenvalue weighted by atomic mass is 10.2. The molecule has 1 aromatic heterocycles. The second kappa shape index (κ2) is 5.53. The number of methoxy groups -OCH3 is 1. The smallest absolute Gasteiger partial charge is 0.119 e. The van der Waals surface area contributed by atoms with Gasteiger partial charge in [-0.1, -0.05) is 30.3 Å². The summed E-state index contributed by atoms with van der Waals surface area (Å²) in [5, 5.41) is 0. The topological polar surface area (TPSA) is 35.0 Å². The molecule has 20 heavy (non-hydrogen) atoms. The molecule has 0 amide bonds. The predicted octanol–water partition coefficient (Wildman–Crippen LogP) is 3.81. The van der Waals surface area contributed by atoms with Crippen LogP contribution in [0.25, 0.3) is 23.2 Å². The van der Waals surface area contributed by atoms with Crippen molar-refractivity contribution in [3.8, 4) is 5.75 Å². The highest BCUT2D eigenvalue weighted by Crippen LogP contribution is 2.15. The first-order valence-corrected chi connectivity index (χ1v) is 6.39. The fourth-order valence-electron chi connectivity index (χ4n) is 1.98. The molecule has 0 spiro atoms. The lowest BCUT2D eigenvalue weighted by Crippen LogP contribution is -1.86. The molecule has 3 heteroatoms. The van der Waals surface area contributed by atoms with Gasteiger partial charge in [-0.25, -0.2) is 4.98 Å². The molecule has 0 fully saturated rings. The monoisotopic (exact) mass is 262 g/mol. The number of ether oxygens (including phenoxy) is 1. The van der Waals surface area contributed by atoms with Gasteiger partial charge in [0.2, 0.25) is 0 Å². The molecule has 0 aliphatic heterocycles. The number of rotatable bonds is 3. The zero-order valence-corrected chi connectivity index (χ0v) is 11.2. The van der Waals surface area contributed by atoms with Crippen LogP contribution in [0.5, 0.6) is 5.75 Å². The summed E-state index contributed by atoms with van der Waals surface area (Å²) in [4.78, 5) is 8.94. The van der Waals surface area contributed by atoms with E-state index in [4.69, 9.17) is 4.74 Å². The van der Waals surface area contributed by atoms with E-state index < -0.39 is 0 Å². The standard InChI is InChI=1S/C17H14N2O/c1-20-15-6-4-5-13(11-15)9-10-14-12-18-16-7-2-3-8-17(16)19-14/h2-12H,1H3/b10-9+. The third-order valence-corrected chi connectivity index (χ3v) is 3.01. The first-order valence-electron chi connectivity index (χ1n) is 6.39. The normalized spacial score (nSPS) is 11.1. The molecule has 3 nitrogen and oxygen atoms in total. The zero-order chi connectivity index (χ0) is 13.8. The van der Waals surface area contributed by atoms with Crippen LogP contribution in [0.2, 0.25) is 0 Å². The van der Waals surface area contributed by atoms with Gasteiger partial charge < -0.3 is 4.74 Å². The molecular formula is C17H14N2O. The highest BCUT2D eigenvalue weighted by molar-refractivity contribution is 5.76. The highest BCUT2D eigenvalue weighted by Gasteiger charge is 1.96. The quantitative estimate of drug-likeness (QED) is 0.720. The van der Waals surface area contributed by atoms with Crippen LogP contribution in [0.3, 0.4) is 0 Å². The van der Waals surface area contributed by atoms with E-state index in [0.29, 0.717) is 0 Å². The molecule has 0 aliphatic rings. The number of hydrogen-bond donors (Lipinski definition) is 0. The lowest BCUT2D eigenvalue weighted by molar-refractivity contribution is 0.414. The Bertz CT molecular complexity index is 766. The molecule has 3 rings (SSSR count). The van der Waals surface area contributed by atoms with Crippen molar-refractivity contribution in [2.75, 3.05) is 7.11 Å². The summed E-state index contributed by atoms with van der Waals surface area (Å²) in [7, 11) is 1.66. The van der Waals surface area contributed by atoms with Crippen molar-refractivity contribution >= 4 is 23.2 Å². The number of hydrogen-bond acceptors (Lipinski definition) is 3. The molecule has 2 aromatic carbocycles. The van der Waals surface area contributed by atoms with Gasteiger partial charge >= 0.3 is 0 Å². The molecule has 0 aliphatic carbocycles. The van der Waals surface area contributed by atoms with Crippen LogP contribution >= 0.6 is 0 Å². The first kappa shape index (κ1) is 12.4. The van der Waals surface area contributed by atoms with E-state index in [2.05, 4.69) is 9.97 Å². The molecular weight excluding hydrogens is 248 g/mol. The molecule has 0 unspecified atom stereocenters. The summed E-state index contributed by atoms with van der Waals surface area (Å²) in [6, 6.07) is 15.7. The second-order valence-corrected chi connectivity index (χ2v) is 4.39. The Hall–Kier alpha value is -2.68. The third-order valence-electron chi connectivity index (χ3n) is 3.01. The molecule has 0 saturated carbocycles. The summed E-state index contributed by atoms with van der Waals surface area (Å²) < 4.78 is 5.20. The van der Waals surface area contributed by atoms with Crippen LogP contribution in [0.4, 0.5) is 0 Å². The Morgan fingerprint density at radius 1 is 0.950 bits per heavy atom. The Balaban J connectivity index is 1.89. The molecule has 0 N–H and O–H groups in total. The van der Waals surface area contributed by atoms with Crippen molar-refractivity contribution in [2.24, 2.45) is 0 Å². The summed E-state index contributed by atoms with van der Waals surface area (Å²) in [5.41, 5.74) is 3.72. The van der Waals surface area contributed by atoms with Gasteiger partial charge in [0.1, 0.15) is 5.75 Å². The Morgan fingerprint density at radius 3 is 2.65 bits per heavy atom. The van der Waals surface area contributed by atoms with Gasteiger partial charge in [-0.05, 0) is 35.9 Å². The van der Waals surface area contributed by atoms with Crippen molar-refractivity contribution < 1.29 is 4.74 Å². The van der Waals surface area contributed by atoms with Crippen LogP contribution in [0, 0.1) is 0 Å². The maximum atomic E-state index is 5.20. The summed E-state index contributed by atoms with van der Waals surface area (Å²) in [6.45, 7) is 0. The Kier molecular flexibility index (Phi) is 3.42. The third kappa shape index (κ3) is 2.67. The fourth-order valence-corrected chi connectivity index (χ4v) is 1.98. The van der Waals surface area contributed by atoms with Crippen LogP contribution in [0.1, 0.15) is 11.3 Å². The average molecular weight is 262 g/mol. The summed E-state index contributed by atoms with van der Waals surface area (Å²) >= 11 is 0. The van der Waals surface area contributed by atoms with E-state index in [0.717, 1.165) is 28.0 Å². The van der Waals surface area contributed by atoms with Crippen molar-refractivity contribution in [3.63, 3.8) is 0 Å². The van der Waals surface area contributed by atoms with Crippen LogP contribution in [-0.2, 0) is 0 Å². The highest BCUT2D eigenvalue weighted by atomic mass is 16.5. The lowest BCUT2D eigenvalue weighted by Gasteiger charge is -2.00. The zero-order valence-electron chi connectivity index (χ0n) is 11.2. The molecule has 1 heterocycles. The molecule has 0 radical (unpaired) electrons. The van der Waals surface area contributed by atoms with Gasteiger partial charge in [-0.2, -0.15) is 0 Å². The maximum absolute atomic E-state index is 5.20. The van der Waals surface area contributed by atoms with Gasteiger partial charge in [-0.15, -0.1) is 0 Å². The number of nitrogens with zero attached hydrogens (tertiary/aromatic N) is 2.